The number of nitrogens with one attached hydrogen (secondary N) is 2. The molecule has 0 saturated heterocycles. The molecule has 0 aliphatic rings. The number of hydrogen-bond acceptors (Lipinski definition) is 7. The van der Waals surface area contributed by atoms with Crippen molar-refractivity contribution in [3.05, 3.63) is 39.7 Å². The van der Waals surface area contributed by atoms with Crippen molar-refractivity contribution in [1.82, 2.24) is 25.9 Å². The van der Waals surface area contributed by atoms with Crippen LogP contribution < -0.4 is 5.32 Å². The molecule has 2 rings (SSSR count). The Bertz CT molecular complexity index is 641. The Morgan fingerprint density at radius 1 is 1.55 bits per heavy atom. The number of carbonyl (C=O) groups is 1. The summed E-state index contributed by atoms with van der Waals surface area (Å²) in [5.41, 5.74) is -0.647. The number of nitro benzene ring substituents is 1. The minimum absolute atomic E-state index is 0.237. The molecule has 1 amide bonds. The first-order chi connectivity index (χ1) is 9.49. The van der Waals surface area contributed by atoms with Crippen molar-refractivity contribution >= 4 is 11.6 Å². The van der Waals surface area contributed by atoms with E-state index >= 15 is 0 Å². The average molecular weight is 278 g/mol. The first-order valence-corrected chi connectivity index (χ1v) is 5.50. The summed E-state index contributed by atoms with van der Waals surface area (Å²) < 4.78 is 0. The minimum atomic E-state index is -0.718. The van der Waals surface area contributed by atoms with Crippen LogP contribution in [0.15, 0.2) is 18.2 Å². The lowest BCUT2D eigenvalue weighted by Crippen LogP contribution is -2.28. The number of benzene rings is 1. The number of hydrogen-bond donors (Lipinski definition) is 3. The molecular weight excluding hydrogens is 268 g/mol. The molecule has 10 nitrogen and oxygen atoms in total. The molecule has 20 heavy (non-hydrogen) atoms. The average Bonchev–Trinajstić information content (AvgIpc) is 2.92. The predicted molar refractivity (Wildman–Crippen MR) is 64.8 cm³/mol. The number of phenolic OH excluding ortho intramolecular Hbond substituents is 1. The van der Waals surface area contributed by atoms with Crippen molar-refractivity contribution in [3.63, 3.8) is 0 Å². The van der Waals surface area contributed by atoms with E-state index in [4.69, 9.17) is 0 Å². The number of H-pyrrole nitrogens is 1. The van der Waals surface area contributed by atoms with Gasteiger partial charge < -0.3 is 10.4 Å². The third-order valence-corrected chi connectivity index (χ3v) is 2.52. The fourth-order valence-electron chi connectivity index (χ4n) is 1.56. The maximum atomic E-state index is 12.0. The number of aromatic amines is 1. The highest BCUT2D eigenvalue weighted by Gasteiger charge is 2.23. The van der Waals surface area contributed by atoms with Gasteiger partial charge in [-0.25, -0.2) is 0 Å². The fourth-order valence-corrected chi connectivity index (χ4v) is 1.56. The van der Waals surface area contributed by atoms with Crippen LogP contribution in [0.1, 0.15) is 29.1 Å². The molecule has 1 heterocycles. The molecule has 1 aromatic heterocycles. The second-order valence-electron chi connectivity index (χ2n) is 3.92. The zero-order valence-electron chi connectivity index (χ0n) is 10.3. The van der Waals surface area contributed by atoms with Crippen molar-refractivity contribution in [2.75, 3.05) is 0 Å². The number of tetrazole rings is 1. The van der Waals surface area contributed by atoms with Crippen molar-refractivity contribution < 1.29 is 14.8 Å². The highest BCUT2D eigenvalue weighted by Crippen LogP contribution is 2.23. The van der Waals surface area contributed by atoms with E-state index in [0.717, 1.165) is 18.2 Å². The lowest BCUT2D eigenvalue weighted by molar-refractivity contribution is -0.385. The van der Waals surface area contributed by atoms with Gasteiger partial charge in [-0.2, -0.15) is 5.21 Å². The van der Waals surface area contributed by atoms with E-state index in [1.807, 2.05) is 0 Å². The number of aromatic nitrogens is 4. The number of aromatic hydroxyl groups is 1. The summed E-state index contributed by atoms with van der Waals surface area (Å²) >= 11 is 0. The van der Waals surface area contributed by atoms with Crippen LogP contribution in [0.3, 0.4) is 0 Å². The van der Waals surface area contributed by atoms with E-state index < -0.39 is 22.6 Å². The molecule has 3 N–H and O–H groups in total. The van der Waals surface area contributed by atoms with Gasteiger partial charge in [-0.15, -0.1) is 10.2 Å². The molecule has 0 aliphatic carbocycles. The quantitative estimate of drug-likeness (QED) is 0.538. The van der Waals surface area contributed by atoms with E-state index in [9.17, 15) is 20.0 Å². The van der Waals surface area contributed by atoms with Gasteiger partial charge in [-0.05, 0) is 19.1 Å². The number of phenols is 1. The molecule has 0 radical (unpaired) electrons. The Labute approximate surface area is 112 Å². The number of carbonyl (C=O) groups excluding carboxylic acids is 1. The summed E-state index contributed by atoms with van der Waals surface area (Å²) in [7, 11) is 0. The summed E-state index contributed by atoms with van der Waals surface area (Å²) in [6.45, 7) is 1.59. The second-order valence-corrected chi connectivity index (χ2v) is 3.92. The Morgan fingerprint density at radius 2 is 2.30 bits per heavy atom. The fraction of sp³-hybridized carbons (Fsp3) is 0.200. The van der Waals surface area contributed by atoms with Crippen LogP contribution in [0, 0.1) is 10.1 Å². The Kier molecular flexibility index (Phi) is 3.55. The number of nitro groups is 1. The third-order valence-electron chi connectivity index (χ3n) is 2.52. The van der Waals surface area contributed by atoms with Crippen molar-refractivity contribution in [2.24, 2.45) is 0 Å². The normalized spacial score (nSPS) is 11.8. The van der Waals surface area contributed by atoms with Crippen LogP contribution >= 0.6 is 0 Å². The Morgan fingerprint density at radius 3 is 2.90 bits per heavy atom. The van der Waals surface area contributed by atoms with Gasteiger partial charge in [0.2, 0.25) is 0 Å². The standard InChI is InChI=1S/C10H10N6O4/c1-5(9-12-14-15-13-9)11-10(18)7-4-6(17)2-3-8(7)16(19)20/h2-5,17H,1H3,(H,11,18)(H,12,13,14,15). The van der Waals surface area contributed by atoms with E-state index in [1.54, 1.807) is 6.92 Å². The zero-order chi connectivity index (χ0) is 14.7. The van der Waals surface area contributed by atoms with Crippen molar-refractivity contribution in [2.45, 2.75) is 13.0 Å². The van der Waals surface area contributed by atoms with Gasteiger partial charge >= 0.3 is 0 Å². The molecule has 2 aromatic rings. The predicted octanol–water partition coefficient (Wildman–Crippen LogP) is 0.304. The van der Waals surface area contributed by atoms with Gasteiger partial charge in [-0.1, -0.05) is 5.21 Å². The molecule has 104 valence electrons. The molecule has 1 aromatic carbocycles. The van der Waals surface area contributed by atoms with Gasteiger partial charge in [0.05, 0.1) is 11.0 Å². The largest absolute Gasteiger partial charge is 0.508 e. The molecule has 1 unspecified atom stereocenters. The lowest BCUT2D eigenvalue weighted by Gasteiger charge is -2.10. The highest BCUT2D eigenvalue weighted by molar-refractivity contribution is 5.98. The van der Waals surface area contributed by atoms with Gasteiger partial charge in [0.25, 0.3) is 11.6 Å². The number of rotatable bonds is 4. The van der Waals surface area contributed by atoms with Crippen molar-refractivity contribution in [3.8, 4) is 5.75 Å². The highest BCUT2D eigenvalue weighted by atomic mass is 16.6. The summed E-state index contributed by atoms with van der Waals surface area (Å²) in [6.07, 6.45) is 0. The van der Waals surface area contributed by atoms with E-state index in [0.29, 0.717) is 0 Å². The maximum absolute atomic E-state index is 12.0. The topological polar surface area (TPSA) is 147 Å². The molecule has 0 spiro atoms. The van der Waals surface area contributed by atoms with Gasteiger partial charge in [-0.3, -0.25) is 14.9 Å². The monoisotopic (exact) mass is 278 g/mol. The summed E-state index contributed by atoms with van der Waals surface area (Å²) in [4.78, 5) is 22.2. The van der Waals surface area contributed by atoms with Crippen molar-refractivity contribution in [1.29, 1.82) is 0 Å². The molecule has 0 bridgehead atoms. The second kappa shape index (κ2) is 5.30. The van der Waals surface area contributed by atoms with Crippen LogP contribution in [0.4, 0.5) is 5.69 Å². The summed E-state index contributed by atoms with van der Waals surface area (Å²) in [6, 6.07) is 2.63. The van der Waals surface area contributed by atoms with Crippen LogP contribution in [0.2, 0.25) is 0 Å². The zero-order valence-corrected chi connectivity index (χ0v) is 10.3. The van der Waals surface area contributed by atoms with E-state index in [1.165, 1.54) is 0 Å². The Balaban J connectivity index is 2.25. The van der Waals surface area contributed by atoms with Crippen LogP contribution in [-0.2, 0) is 0 Å². The van der Waals surface area contributed by atoms with Gasteiger partial charge in [0.1, 0.15) is 11.3 Å². The molecular formula is C10H10N6O4. The van der Waals surface area contributed by atoms with Crippen LogP contribution in [-0.4, -0.2) is 36.6 Å². The summed E-state index contributed by atoms with van der Waals surface area (Å²) in [5, 5.41) is 35.6. The Hall–Kier alpha value is -3.04. The molecule has 1 atom stereocenters. The maximum Gasteiger partial charge on any atom is 0.282 e. The molecule has 0 fully saturated rings. The molecule has 10 heteroatoms. The van der Waals surface area contributed by atoms with E-state index in [-0.39, 0.29) is 17.1 Å². The third kappa shape index (κ3) is 2.68. The smallest absolute Gasteiger partial charge is 0.282 e. The van der Waals surface area contributed by atoms with Gasteiger partial charge in [0.15, 0.2) is 5.82 Å². The van der Waals surface area contributed by atoms with Crippen LogP contribution in [0.25, 0.3) is 0 Å². The van der Waals surface area contributed by atoms with E-state index in [2.05, 4.69) is 25.9 Å². The molecule has 0 aliphatic heterocycles. The first-order valence-electron chi connectivity index (χ1n) is 5.50. The number of amides is 1. The molecule has 0 saturated carbocycles. The SMILES string of the molecule is CC(NC(=O)c1cc(O)ccc1[N+](=O)[O-])c1nn[nH]n1. The minimum Gasteiger partial charge on any atom is -0.508 e. The number of nitrogens with zero attached hydrogens (tertiary/aromatic N) is 4. The summed E-state index contributed by atoms with van der Waals surface area (Å²) in [5.74, 6) is -0.723. The van der Waals surface area contributed by atoms with Crippen LogP contribution in [0.5, 0.6) is 5.75 Å². The lowest BCUT2D eigenvalue weighted by atomic mass is 10.1. The van der Waals surface area contributed by atoms with Gasteiger partial charge in [0, 0.05) is 6.07 Å². The first kappa shape index (κ1) is 13.4.